The molecular formula is C30H36ClN3O5S. The fourth-order valence-corrected chi connectivity index (χ4v) is 5.75. The molecular weight excluding hydrogens is 550 g/mol. The van der Waals surface area contributed by atoms with E-state index in [2.05, 4.69) is 5.32 Å². The Morgan fingerprint density at radius 1 is 0.975 bits per heavy atom. The van der Waals surface area contributed by atoms with Gasteiger partial charge in [0.15, 0.2) is 0 Å². The smallest absolute Gasteiger partial charge is 0.264 e. The lowest BCUT2D eigenvalue weighted by atomic mass is 10.1. The van der Waals surface area contributed by atoms with E-state index in [9.17, 15) is 18.0 Å². The number of carbonyl (C=O) groups excluding carboxylic acids is 2. The summed E-state index contributed by atoms with van der Waals surface area (Å²) in [6.07, 6.45) is 0. The highest BCUT2D eigenvalue weighted by molar-refractivity contribution is 7.92. The summed E-state index contributed by atoms with van der Waals surface area (Å²) in [5, 5.41) is 3.28. The quantitative estimate of drug-likeness (QED) is 0.353. The highest BCUT2D eigenvalue weighted by Gasteiger charge is 2.34. The van der Waals surface area contributed by atoms with Crippen LogP contribution in [0.4, 0.5) is 5.69 Å². The Kier molecular flexibility index (Phi) is 9.87. The second kappa shape index (κ2) is 12.7. The molecule has 1 N–H and O–H groups in total. The van der Waals surface area contributed by atoms with E-state index >= 15 is 0 Å². The van der Waals surface area contributed by atoms with E-state index in [4.69, 9.17) is 16.3 Å². The largest absolute Gasteiger partial charge is 0.497 e. The number of carbonyl (C=O) groups is 2. The van der Waals surface area contributed by atoms with E-state index in [1.54, 1.807) is 81.6 Å². The molecule has 0 saturated heterocycles. The van der Waals surface area contributed by atoms with Crippen molar-refractivity contribution in [2.75, 3.05) is 18.0 Å². The lowest BCUT2D eigenvalue weighted by molar-refractivity contribution is -0.140. The van der Waals surface area contributed by atoms with Crippen molar-refractivity contribution in [3.05, 3.63) is 88.9 Å². The maximum atomic E-state index is 14.0. The number of methoxy groups -OCH3 is 1. The van der Waals surface area contributed by atoms with Gasteiger partial charge in [0.05, 0.1) is 17.7 Å². The number of amides is 2. The third kappa shape index (κ3) is 7.55. The van der Waals surface area contributed by atoms with Crippen molar-refractivity contribution in [1.82, 2.24) is 10.2 Å². The maximum Gasteiger partial charge on any atom is 0.264 e. The molecule has 3 aromatic carbocycles. The maximum absolute atomic E-state index is 14.0. The van der Waals surface area contributed by atoms with Crippen molar-refractivity contribution < 1.29 is 22.7 Å². The predicted octanol–water partition coefficient (Wildman–Crippen LogP) is 5.18. The Bertz CT molecular complexity index is 1440. The molecule has 1 atom stereocenters. The number of sulfonamides is 1. The number of benzene rings is 3. The number of anilines is 1. The van der Waals surface area contributed by atoms with Crippen molar-refractivity contribution in [3.63, 3.8) is 0 Å². The number of nitrogens with one attached hydrogen (secondary N) is 1. The third-order valence-electron chi connectivity index (χ3n) is 6.30. The number of rotatable bonds is 10. The van der Waals surface area contributed by atoms with Crippen LogP contribution in [0.3, 0.4) is 0 Å². The number of ether oxygens (including phenoxy) is 1. The molecule has 3 aromatic rings. The highest BCUT2D eigenvalue weighted by Crippen LogP contribution is 2.31. The minimum absolute atomic E-state index is 0.0300. The number of hydrogen-bond acceptors (Lipinski definition) is 5. The Hall–Kier alpha value is -3.56. The van der Waals surface area contributed by atoms with Gasteiger partial charge in [0, 0.05) is 17.1 Å². The van der Waals surface area contributed by atoms with Gasteiger partial charge in [0.2, 0.25) is 11.8 Å². The summed E-state index contributed by atoms with van der Waals surface area (Å²) in [4.78, 5) is 28.6. The molecule has 10 heteroatoms. The lowest BCUT2D eigenvalue weighted by Gasteiger charge is -2.34. The second-order valence-electron chi connectivity index (χ2n) is 10.5. The topological polar surface area (TPSA) is 96.0 Å². The molecule has 0 aromatic heterocycles. The fourth-order valence-electron chi connectivity index (χ4n) is 4.08. The van der Waals surface area contributed by atoms with Crippen molar-refractivity contribution in [1.29, 1.82) is 0 Å². The first kappa shape index (κ1) is 31.0. The molecule has 0 aliphatic carbocycles. The zero-order valence-electron chi connectivity index (χ0n) is 23.6. The van der Waals surface area contributed by atoms with E-state index in [0.717, 1.165) is 9.87 Å². The van der Waals surface area contributed by atoms with Crippen LogP contribution in [0, 0.1) is 6.92 Å². The predicted molar refractivity (Wildman–Crippen MR) is 158 cm³/mol. The van der Waals surface area contributed by atoms with Gasteiger partial charge in [0.25, 0.3) is 10.0 Å². The highest BCUT2D eigenvalue weighted by atomic mass is 35.5. The van der Waals surface area contributed by atoms with E-state index in [-0.39, 0.29) is 23.0 Å². The van der Waals surface area contributed by atoms with Crippen LogP contribution in [0.15, 0.2) is 77.7 Å². The van der Waals surface area contributed by atoms with Crippen LogP contribution >= 0.6 is 11.6 Å². The summed E-state index contributed by atoms with van der Waals surface area (Å²) in [6.45, 7) is 8.42. The average Bonchev–Trinajstić information content (AvgIpc) is 2.91. The van der Waals surface area contributed by atoms with Gasteiger partial charge in [-0.1, -0.05) is 48.0 Å². The van der Waals surface area contributed by atoms with Gasteiger partial charge >= 0.3 is 0 Å². The molecule has 3 rings (SSSR count). The van der Waals surface area contributed by atoms with Crippen molar-refractivity contribution >= 4 is 39.1 Å². The fraction of sp³-hybridized carbons (Fsp3) is 0.333. The van der Waals surface area contributed by atoms with Crippen molar-refractivity contribution in [2.24, 2.45) is 0 Å². The van der Waals surface area contributed by atoms with E-state index < -0.39 is 34.1 Å². The Balaban J connectivity index is 2.06. The molecule has 0 aliphatic heterocycles. The molecule has 0 radical (unpaired) electrons. The van der Waals surface area contributed by atoms with Crippen LogP contribution < -0.4 is 14.4 Å². The van der Waals surface area contributed by atoms with Crippen LogP contribution in [0.25, 0.3) is 0 Å². The summed E-state index contributed by atoms with van der Waals surface area (Å²) in [6, 6.07) is 19.0. The van der Waals surface area contributed by atoms with Gasteiger partial charge in [-0.05, 0) is 82.1 Å². The normalized spacial score (nSPS) is 12.4. The summed E-state index contributed by atoms with van der Waals surface area (Å²) < 4.78 is 34.1. The van der Waals surface area contributed by atoms with Gasteiger partial charge in [-0.2, -0.15) is 0 Å². The van der Waals surface area contributed by atoms with Crippen LogP contribution in [0.2, 0.25) is 5.02 Å². The standard InChI is InChI=1S/C30H36ClN3O5S/c1-21-26(31)13-10-14-27(21)34(40(37,38)25-11-8-7-9-12-25)20-28(35)33(22(2)29(36)32-30(3,4)5)19-23-15-17-24(39-6)18-16-23/h7-18,22H,19-20H2,1-6H3,(H,32,36)/t22-/m0/s1. The summed E-state index contributed by atoms with van der Waals surface area (Å²) >= 11 is 6.36. The van der Waals surface area contributed by atoms with Gasteiger partial charge in [-0.3, -0.25) is 13.9 Å². The monoisotopic (exact) mass is 585 g/mol. The zero-order valence-corrected chi connectivity index (χ0v) is 25.2. The lowest BCUT2D eigenvalue weighted by Crippen LogP contribution is -2.54. The molecule has 0 heterocycles. The van der Waals surface area contributed by atoms with Gasteiger partial charge in [-0.25, -0.2) is 8.42 Å². The summed E-state index contributed by atoms with van der Waals surface area (Å²) in [5.41, 5.74) is 1.01. The van der Waals surface area contributed by atoms with Crippen LogP contribution in [0.1, 0.15) is 38.8 Å². The van der Waals surface area contributed by atoms with Crippen LogP contribution in [-0.4, -0.2) is 50.4 Å². The molecule has 0 unspecified atom stereocenters. The molecule has 214 valence electrons. The first-order chi connectivity index (χ1) is 18.7. The van der Waals surface area contributed by atoms with Crippen molar-refractivity contribution in [2.45, 2.75) is 57.6 Å². The van der Waals surface area contributed by atoms with Gasteiger partial charge in [-0.15, -0.1) is 0 Å². The Morgan fingerprint density at radius 3 is 2.17 bits per heavy atom. The summed E-state index contributed by atoms with van der Waals surface area (Å²) in [7, 11) is -2.61. The average molecular weight is 586 g/mol. The minimum Gasteiger partial charge on any atom is -0.497 e. The third-order valence-corrected chi connectivity index (χ3v) is 8.48. The molecule has 8 nitrogen and oxygen atoms in total. The van der Waals surface area contributed by atoms with Gasteiger partial charge in [0.1, 0.15) is 18.3 Å². The number of halogens is 1. The molecule has 0 bridgehead atoms. The molecule has 0 aliphatic rings. The SMILES string of the molecule is COc1ccc(CN(C(=O)CN(c2cccc(Cl)c2C)S(=O)(=O)c2ccccc2)[C@@H](C)C(=O)NC(C)(C)C)cc1. The number of nitrogens with zero attached hydrogens (tertiary/aromatic N) is 2. The zero-order chi connectivity index (χ0) is 29.7. The Labute approximate surface area is 241 Å². The van der Waals surface area contributed by atoms with E-state index in [0.29, 0.717) is 16.3 Å². The first-order valence-corrected chi connectivity index (χ1v) is 14.6. The molecule has 40 heavy (non-hydrogen) atoms. The van der Waals surface area contributed by atoms with Crippen molar-refractivity contribution in [3.8, 4) is 5.75 Å². The number of hydrogen-bond donors (Lipinski definition) is 1. The van der Waals surface area contributed by atoms with Gasteiger partial charge < -0.3 is 15.0 Å². The molecule has 2 amide bonds. The molecule has 0 saturated carbocycles. The first-order valence-electron chi connectivity index (χ1n) is 12.8. The molecule has 0 fully saturated rings. The van der Waals surface area contributed by atoms with Crippen LogP contribution in [-0.2, 0) is 26.2 Å². The Morgan fingerprint density at radius 2 is 1.60 bits per heavy atom. The second-order valence-corrected chi connectivity index (χ2v) is 12.8. The summed E-state index contributed by atoms with van der Waals surface area (Å²) in [5.74, 6) is -0.256. The molecule has 0 spiro atoms. The van der Waals surface area contributed by atoms with E-state index in [1.807, 2.05) is 20.8 Å². The van der Waals surface area contributed by atoms with E-state index in [1.165, 1.54) is 17.0 Å². The minimum atomic E-state index is -4.17. The van der Waals surface area contributed by atoms with Crippen LogP contribution in [0.5, 0.6) is 5.75 Å².